The van der Waals surface area contributed by atoms with Crippen LogP contribution in [0, 0.1) is 29.1 Å². The molecule has 0 radical (unpaired) electrons. The highest BCUT2D eigenvalue weighted by molar-refractivity contribution is 5.95. The van der Waals surface area contributed by atoms with Crippen molar-refractivity contribution in [1.29, 1.82) is 0 Å². The van der Waals surface area contributed by atoms with E-state index in [0.717, 1.165) is 10.6 Å². The van der Waals surface area contributed by atoms with Crippen LogP contribution in [0.4, 0.5) is 27.6 Å². The molecule has 2 aromatic carbocycles. The van der Waals surface area contributed by atoms with Crippen LogP contribution >= 0.6 is 0 Å². The summed E-state index contributed by atoms with van der Waals surface area (Å²) in [6.07, 6.45) is 0. The van der Waals surface area contributed by atoms with Crippen LogP contribution < -0.4 is 4.90 Å². The standard InChI is InChI=1S/C17H13F5N2O/c18-12-11(13(19)15(21)16(22)14(12)20)17(25)24-8-6-23(7-9-24)10-4-2-1-3-5-10/h1-5H,6-9H2. The van der Waals surface area contributed by atoms with E-state index in [1.165, 1.54) is 0 Å². The molecule has 0 unspecified atom stereocenters. The first-order chi connectivity index (χ1) is 11.9. The molecule has 0 saturated carbocycles. The lowest BCUT2D eigenvalue weighted by Gasteiger charge is -2.36. The van der Waals surface area contributed by atoms with Crippen LogP contribution in [-0.4, -0.2) is 37.0 Å². The van der Waals surface area contributed by atoms with Crippen molar-refractivity contribution in [3.05, 3.63) is 65.0 Å². The SMILES string of the molecule is O=C(c1c(F)c(F)c(F)c(F)c1F)N1CCN(c2ccccc2)CC1. The van der Waals surface area contributed by atoms with Crippen molar-refractivity contribution in [3.8, 4) is 0 Å². The lowest BCUT2D eigenvalue weighted by molar-refractivity contribution is 0.0733. The maximum absolute atomic E-state index is 13.8. The topological polar surface area (TPSA) is 23.6 Å². The third-order valence-electron chi connectivity index (χ3n) is 4.11. The first-order valence-corrected chi connectivity index (χ1v) is 7.52. The molecule has 0 spiro atoms. The molecule has 25 heavy (non-hydrogen) atoms. The van der Waals surface area contributed by atoms with Crippen LogP contribution in [0.3, 0.4) is 0 Å². The van der Waals surface area contributed by atoms with Gasteiger partial charge in [0.15, 0.2) is 23.3 Å². The van der Waals surface area contributed by atoms with E-state index in [1.54, 1.807) is 0 Å². The molecule has 1 aliphatic rings. The number of rotatable bonds is 2. The lowest BCUT2D eigenvalue weighted by atomic mass is 10.1. The number of benzene rings is 2. The van der Waals surface area contributed by atoms with Gasteiger partial charge < -0.3 is 9.80 Å². The number of hydrogen-bond acceptors (Lipinski definition) is 2. The van der Waals surface area contributed by atoms with E-state index >= 15 is 0 Å². The summed E-state index contributed by atoms with van der Waals surface area (Å²) < 4.78 is 67.2. The molecule has 0 N–H and O–H groups in total. The van der Waals surface area contributed by atoms with Crippen LogP contribution in [0.15, 0.2) is 30.3 Å². The first kappa shape index (κ1) is 17.2. The predicted molar refractivity (Wildman–Crippen MR) is 80.8 cm³/mol. The van der Waals surface area contributed by atoms with Crippen LogP contribution in [0.2, 0.25) is 0 Å². The van der Waals surface area contributed by atoms with Gasteiger partial charge in [0.1, 0.15) is 5.56 Å². The van der Waals surface area contributed by atoms with E-state index in [9.17, 15) is 26.7 Å². The quantitative estimate of drug-likeness (QED) is 0.468. The normalized spacial score (nSPS) is 14.8. The molecular weight excluding hydrogens is 343 g/mol. The van der Waals surface area contributed by atoms with Gasteiger partial charge in [0, 0.05) is 31.9 Å². The maximum Gasteiger partial charge on any atom is 0.260 e. The second-order valence-electron chi connectivity index (χ2n) is 5.56. The lowest BCUT2D eigenvalue weighted by Crippen LogP contribution is -2.49. The van der Waals surface area contributed by atoms with Gasteiger partial charge in [-0.15, -0.1) is 0 Å². The summed E-state index contributed by atoms with van der Waals surface area (Å²) >= 11 is 0. The van der Waals surface area contributed by atoms with Crippen molar-refractivity contribution in [3.63, 3.8) is 0 Å². The Morgan fingerprint density at radius 1 is 0.720 bits per heavy atom. The first-order valence-electron chi connectivity index (χ1n) is 7.52. The second kappa shape index (κ2) is 6.70. The van der Waals surface area contributed by atoms with Crippen molar-refractivity contribution in [1.82, 2.24) is 4.90 Å². The summed E-state index contributed by atoms with van der Waals surface area (Å²) in [6.45, 7) is 0.969. The van der Waals surface area contributed by atoms with E-state index < -0.39 is 40.6 Å². The van der Waals surface area contributed by atoms with E-state index in [0.29, 0.717) is 13.1 Å². The molecule has 3 rings (SSSR count). The van der Waals surface area contributed by atoms with Crippen molar-refractivity contribution in [2.45, 2.75) is 0 Å². The molecule has 2 aromatic rings. The summed E-state index contributed by atoms with van der Waals surface area (Å²) in [5.74, 6) is -11.9. The summed E-state index contributed by atoms with van der Waals surface area (Å²) in [5, 5.41) is 0. The van der Waals surface area contributed by atoms with Crippen molar-refractivity contribution in [2.24, 2.45) is 0 Å². The van der Waals surface area contributed by atoms with Crippen LogP contribution in [0.5, 0.6) is 0 Å². The number of anilines is 1. The molecular formula is C17H13F5N2O. The Labute approximate surface area is 140 Å². The smallest absolute Gasteiger partial charge is 0.260 e. The average molecular weight is 356 g/mol. The molecule has 0 aromatic heterocycles. The van der Waals surface area contributed by atoms with Crippen LogP contribution in [0.1, 0.15) is 10.4 Å². The minimum absolute atomic E-state index is 0.104. The van der Waals surface area contributed by atoms with Gasteiger partial charge in [-0.05, 0) is 12.1 Å². The second-order valence-corrected chi connectivity index (χ2v) is 5.56. The van der Waals surface area contributed by atoms with Gasteiger partial charge in [0.25, 0.3) is 5.91 Å². The van der Waals surface area contributed by atoms with Gasteiger partial charge in [-0.3, -0.25) is 4.79 Å². The number of halogens is 5. The zero-order valence-electron chi connectivity index (χ0n) is 12.9. The highest BCUT2D eigenvalue weighted by atomic mass is 19.2. The van der Waals surface area contributed by atoms with Crippen LogP contribution in [0.25, 0.3) is 0 Å². The number of para-hydroxylation sites is 1. The van der Waals surface area contributed by atoms with E-state index in [1.807, 2.05) is 35.2 Å². The molecule has 3 nitrogen and oxygen atoms in total. The summed E-state index contributed by atoms with van der Waals surface area (Å²) in [7, 11) is 0. The summed E-state index contributed by atoms with van der Waals surface area (Å²) in [6, 6.07) is 9.30. The largest absolute Gasteiger partial charge is 0.368 e. The molecule has 1 heterocycles. The minimum atomic E-state index is -2.28. The highest BCUT2D eigenvalue weighted by Gasteiger charge is 2.33. The number of hydrogen-bond donors (Lipinski definition) is 0. The van der Waals surface area contributed by atoms with Crippen LogP contribution in [-0.2, 0) is 0 Å². The fraction of sp³-hybridized carbons (Fsp3) is 0.235. The Morgan fingerprint density at radius 2 is 1.20 bits per heavy atom. The molecule has 0 atom stereocenters. The Bertz CT molecular complexity index is 775. The predicted octanol–water partition coefficient (Wildman–Crippen LogP) is 3.34. The third-order valence-corrected chi connectivity index (χ3v) is 4.11. The van der Waals surface area contributed by atoms with E-state index in [-0.39, 0.29) is 13.1 Å². The zero-order valence-corrected chi connectivity index (χ0v) is 12.9. The fourth-order valence-electron chi connectivity index (χ4n) is 2.76. The van der Waals surface area contributed by atoms with Crippen molar-refractivity contribution in [2.75, 3.05) is 31.1 Å². The Kier molecular flexibility index (Phi) is 4.61. The summed E-state index contributed by atoms with van der Waals surface area (Å²) in [4.78, 5) is 15.3. The Hall–Kier alpha value is -2.64. The van der Waals surface area contributed by atoms with Gasteiger partial charge >= 0.3 is 0 Å². The molecule has 1 aliphatic heterocycles. The Morgan fingerprint density at radius 3 is 1.72 bits per heavy atom. The molecule has 1 amide bonds. The monoisotopic (exact) mass is 356 g/mol. The minimum Gasteiger partial charge on any atom is -0.368 e. The number of amides is 1. The fourth-order valence-corrected chi connectivity index (χ4v) is 2.76. The Balaban J connectivity index is 1.80. The number of nitrogens with zero attached hydrogens (tertiary/aromatic N) is 2. The van der Waals surface area contributed by atoms with Crippen molar-refractivity contribution < 1.29 is 26.7 Å². The van der Waals surface area contributed by atoms with Gasteiger partial charge in [0.05, 0.1) is 0 Å². The van der Waals surface area contributed by atoms with E-state index in [4.69, 9.17) is 0 Å². The van der Waals surface area contributed by atoms with Gasteiger partial charge in [-0.2, -0.15) is 0 Å². The van der Waals surface area contributed by atoms with Gasteiger partial charge in [0.2, 0.25) is 5.82 Å². The molecule has 8 heteroatoms. The number of carbonyl (C=O) groups is 1. The highest BCUT2D eigenvalue weighted by Crippen LogP contribution is 2.25. The maximum atomic E-state index is 13.8. The van der Waals surface area contributed by atoms with Gasteiger partial charge in [-0.1, -0.05) is 18.2 Å². The van der Waals surface area contributed by atoms with Crippen molar-refractivity contribution >= 4 is 11.6 Å². The molecule has 1 fully saturated rings. The number of carbonyl (C=O) groups excluding carboxylic acids is 1. The number of piperazine rings is 1. The third kappa shape index (κ3) is 3.04. The summed E-state index contributed by atoms with van der Waals surface area (Å²) in [5.41, 5.74) is -0.490. The molecule has 0 aliphatic carbocycles. The van der Waals surface area contributed by atoms with E-state index in [2.05, 4.69) is 0 Å². The molecule has 1 saturated heterocycles. The molecule has 132 valence electrons. The van der Waals surface area contributed by atoms with Gasteiger partial charge in [-0.25, -0.2) is 22.0 Å². The molecule has 0 bridgehead atoms. The average Bonchev–Trinajstić information content (AvgIpc) is 2.65. The zero-order chi connectivity index (χ0) is 18.1.